The molecule has 112 valence electrons. The Kier molecular flexibility index (Phi) is 4.84. The van der Waals surface area contributed by atoms with Crippen molar-refractivity contribution in [3.8, 4) is 0 Å². The van der Waals surface area contributed by atoms with E-state index in [1.165, 1.54) is 29.2 Å². The lowest BCUT2D eigenvalue weighted by molar-refractivity contribution is 0.0997. The summed E-state index contributed by atoms with van der Waals surface area (Å²) >= 11 is 0. The van der Waals surface area contributed by atoms with Crippen molar-refractivity contribution in [3.63, 3.8) is 0 Å². The molecule has 0 spiro atoms. The normalized spacial score (nSPS) is 20.0. The molecule has 2 unspecified atom stereocenters. The molecular weight excluding hydrogens is 260 g/mol. The van der Waals surface area contributed by atoms with Crippen molar-refractivity contribution in [3.05, 3.63) is 42.2 Å². The molecule has 2 aromatic rings. The minimum atomic E-state index is 0.382. The largest absolute Gasteiger partial charge is 0.378 e. The number of hydrogen-bond donors (Lipinski definition) is 1. The van der Waals surface area contributed by atoms with Gasteiger partial charge < -0.3 is 10.1 Å². The summed E-state index contributed by atoms with van der Waals surface area (Å²) in [7, 11) is 0. The Morgan fingerprint density at radius 3 is 3.14 bits per heavy atom. The van der Waals surface area contributed by atoms with Gasteiger partial charge in [0.2, 0.25) is 0 Å². The summed E-state index contributed by atoms with van der Waals surface area (Å²) in [6.07, 6.45) is 8.99. The zero-order chi connectivity index (χ0) is 14.5. The molecule has 0 aliphatic carbocycles. The molecule has 1 aromatic carbocycles. The second-order valence-electron chi connectivity index (χ2n) is 5.77. The van der Waals surface area contributed by atoms with Crippen LogP contribution in [0, 0.1) is 0 Å². The average molecular weight is 284 g/mol. The molecule has 2 atom stereocenters. The molecule has 1 aliphatic heterocycles. The van der Waals surface area contributed by atoms with E-state index in [2.05, 4.69) is 41.5 Å². The first-order valence-corrected chi connectivity index (χ1v) is 8.06. The Hall–Kier alpha value is -1.45. The van der Waals surface area contributed by atoms with Gasteiger partial charge in [0.25, 0.3) is 0 Å². The van der Waals surface area contributed by atoms with Crippen molar-refractivity contribution in [1.29, 1.82) is 0 Å². The van der Waals surface area contributed by atoms with Crippen LogP contribution >= 0.6 is 0 Å². The molecule has 1 aliphatic rings. The molecule has 21 heavy (non-hydrogen) atoms. The third kappa shape index (κ3) is 3.42. The second-order valence-corrected chi connectivity index (χ2v) is 5.77. The van der Waals surface area contributed by atoms with Gasteiger partial charge in [0.05, 0.1) is 6.10 Å². The number of fused-ring (bicyclic) bond motifs is 1. The predicted octanol–water partition coefficient (Wildman–Crippen LogP) is 3.84. The van der Waals surface area contributed by atoms with Crippen molar-refractivity contribution in [2.75, 3.05) is 13.2 Å². The molecule has 1 fully saturated rings. The Bertz CT molecular complexity index is 573. The Balaban J connectivity index is 1.80. The van der Waals surface area contributed by atoms with Crippen molar-refractivity contribution in [1.82, 2.24) is 10.3 Å². The number of nitrogens with one attached hydrogen (secondary N) is 1. The molecule has 0 amide bonds. The lowest BCUT2D eigenvalue weighted by atomic mass is 9.95. The van der Waals surface area contributed by atoms with Crippen LogP contribution in [-0.4, -0.2) is 24.2 Å². The summed E-state index contributed by atoms with van der Waals surface area (Å²) in [5.41, 5.74) is 1.36. The van der Waals surface area contributed by atoms with E-state index >= 15 is 0 Å². The second kappa shape index (κ2) is 7.01. The van der Waals surface area contributed by atoms with Crippen LogP contribution in [-0.2, 0) is 4.74 Å². The topological polar surface area (TPSA) is 34.1 Å². The van der Waals surface area contributed by atoms with E-state index in [4.69, 9.17) is 4.74 Å². The maximum absolute atomic E-state index is 5.76. The van der Waals surface area contributed by atoms with Gasteiger partial charge in [-0.05, 0) is 49.2 Å². The number of nitrogens with zero attached hydrogens (tertiary/aromatic N) is 1. The molecule has 0 saturated carbocycles. The van der Waals surface area contributed by atoms with Crippen LogP contribution in [0.15, 0.2) is 36.7 Å². The number of rotatable bonds is 6. The lowest BCUT2D eigenvalue weighted by Gasteiger charge is -2.21. The minimum Gasteiger partial charge on any atom is -0.378 e. The Labute approximate surface area is 126 Å². The van der Waals surface area contributed by atoms with Crippen LogP contribution in [0.5, 0.6) is 0 Å². The van der Waals surface area contributed by atoms with Gasteiger partial charge in [-0.25, -0.2) is 0 Å². The molecule has 2 heterocycles. The fourth-order valence-corrected chi connectivity index (χ4v) is 3.28. The molecule has 0 radical (unpaired) electrons. The minimum absolute atomic E-state index is 0.382. The molecule has 3 heteroatoms. The summed E-state index contributed by atoms with van der Waals surface area (Å²) < 4.78 is 5.76. The number of hydrogen-bond acceptors (Lipinski definition) is 3. The number of pyridine rings is 1. The van der Waals surface area contributed by atoms with Gasteiger partial charge in [-0.1, -0.05) is 25.1 Å². The smallest absolute Gasteiger partial charge is 0.0576 e. The van der Waals surface area contributed by atoms with Crippen molar-refractivity contribution in [2.24, 2.45) is 0 Å². The van der Waals surface area contributed by atoms with Crippen LogP contribution in [0.4, 0.5) is 0 Å². The lowest BCUT2D eigenvalue weighted by Crippen LogP contribution is -2.22. The summed E-state index contributed by atoms with van der Waals surface area (Å²) in [5, 5.41) is 6.16. The summed E-state index contributed by atoms with van der Waals surface area (Å²) in [6, 6.07) is 9.00. The van der Waals surface area contributed by atoms with Crippen LogP contribution in [0.1, 0.15) is 44.2 Å². The van der Waals surface area contributed by atoms with Gasteiger partial charge in [0, 0.05) is 30.4 Å². The van der Waals surface area contributed by atoms with Gasteiger partial charge in [-0.15, -0.1) is 0 Å². The highest BCUT2D eigenvalue weighted by molar-refractivity contribution is 5.85. The van der Waals surface area contributed by atoms with Crippen LogP contribution in [0.2, 0.25) is 0 Å². The summed E-state index contributed by atoms with van der Waals surface area (Å²) in [5.74, 6) is 0. The fraction of sp³-hybridized carbons (Fsp3) is 0.500. The maximum Gasteiger partial charge on any atom is 0.0576 e. The standard InChI is InChI=1S/C18H24N2O/c1-2-20-18(9-8-15-6-4-12-21-15)16-7-3-5-14-10-11-19-13-17(14)16/h3,5,7,10-11,13,15,18,20H,2,4,6,8-9,12H2,1H3. The van der Waals surface area contributed by atoms with Gasteiger partial charge in [0.1, 0.15) is 0 Å². The number of ether oxygens (including phenoxy) is 1. The molecular formula is C18H24N2O. The van der Waals surface area contributed by atoms with Crippen LogP contribution < -0.4 is 5.32 Å². The van der Waals surface area contributed by atoms with E-state index in [0.717, 1.165) is 26.0 Å². The van der Waals surface area contributed by atoms with E-state index in [-0.39, 0.29) is 0 Å². The third-order valence-electron chi connectivity index (χ3n) is 4.34. The molecule has 1 aromatic heterocycles. The first-order chi connectivity index (χ1) is 10.4. The van der Waals surface area contributed by atoms with Gasteiger partial charge in [0.15, 0.2) is 0 Å². The fourth-order valence-electron chi connectivity index (χ4n) is 3.28. The Morgan fingerprint density at radius 2 is 2.33 bits per heavy atom. The van der Waals surface area contributed by atoms with E-state index in [1.54, 1.807) is 0 Å². The average Bonchev–Trinajstić information content (AvgIpc) is 3.04. The van der Waals surface area contributed by atoms with E-state index in [1.807, 2.05) is 12.4 Å². The SMILES string of the molecule is CCNC(CCC1CCCO1)c1cccc2ccncc12. The third-order valence-corrected chi connectivity index (χ3v) is 4.34. The monoisotopic (exact) mass is 284 g/mol. The molecule has 1 N–H and O–H groups in total. The predicted molar refractivity (Wildman–Crippen MR) is 86.4 cm³/mol. The van der Waals surface area contributed by atoms with Gasteiger partial charge >= 0.3 is 0 Å². The molecule has 3 rings (SSSR count). The van der Waals surface area contributed by atoms with Crippen molar-refractivity contribution >= 4 is 10.8 Å². The highest BCUT2D eigenvalue weighted by Crippen LogP contribution is 2.28. The number of benzene rings is 1. The van der Waals surface area contributed by atoms with Crippen LogP contribution in [0.3, 0.4) is 0 Å². The van der Waals surface area contributed by atoms with Crippen LogP contribution in [0.25, 0.3) is 10.8 Å². The molecule has 3 nitrogen and oxygen atoms in total. The highest BCUT2D eigenvalue weighted by atomic mass is 16.5. The van der Waals surface area contributed by atoms with E-state index in [9.17, 15) is 0 Å². The van der Waals surface area contributed by atoms with E-state index in [0.29, 0.717) is 12.1 Å². The van der Waals surface area contributed by atoms with E-state index < -0.39 is 0 Å². The van der Waals surface area contributed by atoms with Crippen molar-refractivity contribution < 1.29 is 4.74 Å². The maximum atomic E-state index is 5.76. The summed E-state index contributed by atoms with van der Waals surface area (Å²) in [4.78, 5) is 4.30. The summed E-state index contributed by atoms with van der Waals surface area (Å²) in [6.45, 7) is 4.09. The quantitative estimate of drug-likeness (QED) is 0.875. The highest BCUT2D eigenvalue weighted by Gasteiger charge is 2.19. The first-order valence-electron chi connectivity index (χ1n) is 8.06. The molecule has 1 saturated heterocycles. The number of aromatic nitrogens is 1. The zero-order valence-electron chi connectivity index (χ0n) is 12.7. The van der Waals surface area contributed by atoms with Gasteiger partial charge in [-0.2, -0.15) is 0 Å². The zero-order valence-corrected chi connectivity index (χ0v) is 12.7. The molecule has 0 bridgehead atoms. The van der Waals surface area contributed by atoms with Gasteiger partial charge in [-0.3, -0.25) is 4.98 Å². The van der Waals surface area contributed by atoms with Crippen molar-refractivity contribution in [2.45, 2.75) is 44.8 Å². The first kappa shape index (κ1) is 14.5. The Morgan fingerprint density at radius 1 is 1.38 bits per heavy atom.